The summed E-state index contributed by atoms with van der Waals surface area (Å²) in [5.41, 5.74) is 1.84. The van der Waals surface area contributed by atoms with Crippen LogP contribution in [-0.4, -0.2) is 20.1 Å². The Morgan fingerprint density at radius 2 is 2.33 bits per heavy atom. The fourth-order valence-corrected chi connectivity index (χ4v) is 1.39. The number of aliphatic hydroxyl groups is 1. The molecule has 0 amide bonds. The second-order valence-electron chi connectivity index (χ2n) is 3.41. The highest BCUT2D eigenvalue weighted by Gasteiger charge is 2.24. The fourth-order valence-electron chi connectivity index (χ4n) is 1.39. The largest absolute Gasteiger partial charge is 0.390 e. The molecule has 0 unspecified atom stereocenters. The van der Waals surface area contributed by atoms with Crippen LogP contribution >= 0.6 is 0 Å². The van der Waals surface area contributed by atoms with Gasteiger partial charge < -0.3 is 5.11 Å². The van der Waals surface area contributed by atoms with E-state index in [2.05, 4.69) is 10.3 Å². The van der Waals surface area contributed by atoms with E-state index in [0.29, 0.717) is 0 Å². The van der Waals surface area contributed by atoms with Crippen molar-refractivity contribution >= 4 is 0 Å². The van der Waals surface area contributed by atoms with Gasteiger partial charge in [-0.25, -0.2) is 0 Å². The van der Waals surface area contributed by atoms with E-state index in [9.17, 15) is 0 Å². The molecule has 0 aliphatic heterocycles. The molecule has 1 aromatic rings. The van der Waals surface area contributed by atoms with E-state index in [1.807, 2.05) is 7.05 Å². The standard InChI is InChI=1S/C8H13N3O/c1-11-8(4-6-2-3-6)7(5-12)9-10-11/h6,12H,2-5H2,1H3. The predicted octanol–water partition coefficient (Wildman–Crippen LogP) is 0.260. The predicted molar refractivity (Wildman–Crippen MR) is 43.4 cm³/mol. The van der Waals surface area contributed by atoms with Crippen LogP contribution in [-0.2, 0) is 20.1 Å². The maximum absolute atomic E-state index is 8.95. The summed E-state index contributed by atoms with van der Waals surface area (Å²) in [5, 5.41) is 16.7. The van der Waals surface area contributed by atoms with Crippen molar-refractivity contribution in [2.24, 2.45) is 13.0 Å². The molecule has 4 nitrogen and oxygen atoms in total. The van der Waals surface area contributed by atoms with E-state index >= 15 is 0 Å². The first-order valence-electron chi connectivity index (χ1n) is 4.29. The van der Waals surface area contributed by atoms with E-state index in [0.717, 1.165) is 23.7 Å². The van der Waals surface area contributed by atoms with Gasteiger partial charge >= 0.3 is 0 Å². The first-order chi connectivity index (χ1) is 5.81. The lowest BCUT2D eigenvalue weighted by atomic mass is 10.2. The topological polar surface area (TPSA) is 50.9 Å². The molecule has 1 aliphatic carbocycles. The van der Waals surface area contributed by atoms with Crippen molar-refractivity contribution in [3.8, 4) is 0 Å². The van der Waals surface area contributed by atoms with Gasteiger partial charge in [0, 0.05) is 7.05 Å². The van der Waals surface area contributed by atoms with Gasteiger partial charge in [-0.15, -0.1) is 5.10 Å². The molecule has 0 saturated heterocycles. The van der Waals surface area contributed by atoms with Gasteiger partial charge in [0.05, 0.1) is 12.3 Å². The number of aromatic nitrogens is 3. The third-order valence-electron chi connectivity index (χ3n) is 2.35. The molecular weight excluding hydrogens is 154 g/mol. The van der Waals surface area contributed by atoms with Crippen LogP contribution in [0.1, 0.15) is 24.2 Å². The Kier molecular flexibility index (Phi) is 1.84. The normalized spacial score (nSPS) is 16.8. The number of hydrogen-bond donors (Lipinski definition) is 1. The van der Waals surface area contributed by atoms with Crippen molar-refractivity contribution in [2.75, 3.05) is 0 Å². The number of hydrogen-bond acceptors (Lipinski definition) is 3. The van der Waals surface area contributed by atoms with Crippen LogP contribution in [0.25, 0.3) is 0 Å². The van der Waals surface area contributed by atoms with Gasteiger partial charge in [-0.1, -0.05) is 5.21 Å². The molecule has 1 N–H and O–H groups in total. The quantitative estimate of drug-likeness (QED) is 0.702. The molecule has 1 fully saturated rings. The molecule has 12 heavy (non-hydrogen) atoms. The third kappa shape index (κ3) is 1.34. The first kappa shape index (κ1) is 7.73. The minimum Gasteiger partial charge on any atom is -0.390 e. The number of nitrogens with zero attached hydrogens (tertiary/aromatic N) is 3. The van der Waals surface area contributed by atoms with E-state index in [-0.39, 0.29) is 6.61 Å². The minimum absolute atomic E-state index is 0.00981. The smallest absolute Gasteiger partial charge is 0.111 e. The van der Waals surface area contributed by atoms with Gasteiger partial charge in [0.25, 0.3) is 0 Å². The van der Waals surface area contributed by atoms with Crippen LogP contribution in [0.5, 0.6) is 0 Å². The molecule has 1 saturated carbocycles. The Hall–Kier alpha value is -0.900. The van der Waals surface area contributed by atoms with E-state index in [1.165, 1.54) is 12.8 Å². The van der Waals surface area contributed by atoms with Gasteiger partial charge in [0.1, 0.15) is 5.69 Å². The van der Waals surface area contributed by atoms with E-state index < -0.39 is 0 Å². The van der Waals surface area contributed by atoms with Crippen LogP contribution in [0.2, 0.25) is 0 Å². The summed E-state index contributed by atoms with van der Waals surface area (Å²) in [4.78, 5) is 0. The second kappa shape index (κ2) is 2.86. The minimum atomic E-state index is 0.00981. The van der Waals surface area contributed by atoms with Crippen LogP contribution < -0.4 is 0 Å². The summed E-state index contributed by atoms with van der Waals surface area (Å²) in [7, 11) is 1.88. The summed E-state index contributed by atoms with van der Waals surface area (Å²) < 4.78 is 1.77. The first-order valence-corrected chi connectivity index (χ1v) is 4.29. The highest BCUT2D eigenvalue weighted by atomic mass is 16.3. The molecule has 1 heterocycles. The van der Waals surface area contributed by atoms with Crippen molar-refractivity contribution in [1.82, 2.24) is 15.0 Å². The molecule has 0 bridgehead atoms. The molecule has 0 aromatic carbocycles. The lowest BCUT2D eigenvalue weighted by Gasteiger charge is -1.99. The monoisotopic (exact) mass is 167 g/mol. The van der Waals surface area contributed by atoms with Crippen LogP contribution in [0.15, 0.2) is 0 Å². The number of aryl methyl sites for hydroxylation is 1. The zero-order valence-corrected chi connectivity index (χ0v) is 7.19. The Balaban J connectivity index is 2.18. The van der Waals surface area contributed by atoms with Gasteiger partial charge in [0.2, 0.25) is 0 Å². The average molecular weight is 167 g/mol. The molecule has 0 atom stereocenters. The summed E-state index contributed by atoms with van der Waals surface area (Å²) in [6, 6.07) is 0. The average Bonchev–Trinajstić information content (AvgIpc) is 2.80. The van der Waals surface area contributed by atoms with Gasteiger partial charge in [-0.3, -0.25) is 4.68 Å². The number of aliphatic hydroxyl groups excluding tert-OH is 1. The van der Waals surface area contributed by atoms with Crippen molar-refractivity contribution < 1.29 is 5.11 Å². The summed E-state index contributed by atoms with van der Waals surface area (Å²) in [5.74, 6) is 0.812. The molecule has 1 aliphatic rings. The van der Waals surface area contributed by atoms with E-state index in [1.54, 1.807) is 4.68 Å². The summed E-state index contributed by atoms with van der Waals surface area (Å²) in [6.45, 7) is 0.00981. The fraction of sp³-hybridized carbons (Fsp3) is 0.750. The molecule has 4 heteroatoms. The molecule has 1 aromatic heterocycles. The van der Waals surface area contributed by atoms with Crippen LogP contribution in [0.3, 0.4) is 0 Å². The summed E-state index contributed by atoms with van der Waals surface area (Å²) >= 11 is 0. The highest BCUT2D eigenvalue weighted by molar-refractivity contribution is 5.10. The summed E-state index contributed by atoms with van der Waals surface area (Å²) in [6.07, 6.45) is 3.66. The molecule has 0 radical (unpaired) electrons. The molecule has 0 spiro atoms. The van der Waals surface area contributed by atoms with Gasteiger partial charge in [-0.2, -0.15) is 0 Å². The Bertz CT molecular complexity index is 278. The maximum atomic E-state index is 8.95. The van der Waals surface area contributed by atoms with Crippen molar-refractivity contribution in [3.05, 3.63) is 11.4 Å². The zero-order chi connectivity index (χ0) is 8.55. The second-order valence-corrected chi connectivity index (χ2v) is 3.41. The van der Waals surface area contributed by atoms with Crippen LogP contribution in [0, 0.1) is 5.92 Å². The van der Waals surface area contributed by atoms with Crippen LogP contribution in [0.4, 0.5) is 0 Å². The zero-order valence-electron chi connectivity index (χ0n) is 7.19. The third-order valence-corrected chi connectivity index (χ3v) is 2.35. The van der Waals surface area contributed by atoms with Crippen molar-refractivity contribution in [1.29, 1.82) is 0 Å². The SMILES string of the molecule is Cn1nnc(CO)c1CC1CC1. The maximum Gasteiger partial charge on any atom is 0.111 e. The molecule has 2 rings (SSSR count). The molecular formula is C8H13N3O. The van der Waals surface area contributed by atoms with E-state index in [4.69, 9.17) is 5.11 Å². The lowest BCUT2D eigenvalue weighted by Crippen LogP contribution is -2.01. The van der Waals surface area contributed by atoms with Crippen molar-refractivity contribution in [3.63, 3.8) is 0 Å². The Morgan fingerprint density at radius 1 is 1.58 bits per heavy atom. The Morgan fingerprint density at radius 3 is 2.92 bits per heavy atom. The molecule has 66 valence electrons. The van der Waals surface area contributed by atoms with Gasteiger partial charge in [-0.05, 0) is 25.2 Å². The van der Waals surface area contributed by atoms with Crippen molar-refractivity contribution in [2.45, 2.75) is 25.9 Å². The Labute approximate surface area is 71.2 Å². The number of rotatable bonds is 3. The highest BCUT2D eigenvalue weighted by Crippen LogP contribution is 2.32. The lowest BCUT2D eigenvalue weighted by molar-refractivity contribution is 0.275. The van der Waals surface area contributed by atoms with Gasteiger partial charge in [0.15, 0.2) is 0 Å².